The molecule has 1 heterocycles. The van der Waals surface area contributed by atoms with Gasteiger partial charge in [0.05, 0.1) is 5.69 Å². The molecule has 1 aromatic heterocycles. The molecule has 0 radical (unpaired) electrons. The Morgan fingerprint density at radius 3 is 2.71 bits per heavy atom. The van der Waals surface area contributed by atoms with Gasteiger partial charge in [-0.2, -0.15) is 0 Å². The molecule has 0 aliphatic heterocycles. The van der Waals surface area contributed by atoms with Crippen molar-refractivity contribution in [2.24, 2.45) is 0 Å². The quantitative estimate of drug-likeness (QED) is 0.780. The average Bonchev–Trinajstić information content (AvgIpc) is 2.27. The maximum Gasteiger partial charge on any atom is 0.166 e. The summed E-state index contributed by atoms with van der Waals surface area (Å²) in [6, 6.07) is 6.55. The zero-order chi connectivity index (χ0) is 12.4. The van der Waals surface area contributed by atoms with E-state index in [-0.39, 0.29) is 5.82 Å². The smallest absolute Gasteiger partial charge is 0.166 e. The van der Waals surface area contributed by atoms with Gasteiger partial charge in [0.2, 0.25) is 0 Å². The minimum absolute atomic E-state index is 0.149. The fourth-order valence-corrected chi connectivity index (χ4v) is 2.05. The summed E-state index contributed by atoms with van der Waals surface area (Å²) in [6.07, 6.45) is 1.52. The lowest BCUT2D eigenvalue weighted by Gasteiger charge is -2.09. The first-order valence-electron chi connectivity index (χ1n) is 4.59. The van der Waals surface area contributed by atoms with Crippen molar-refractivity contribution in [3.05, 3.63) is 50.2 Å². The predicted octanol–water partition coefficient (Wildman–Crippen LogP) is 5.14. The number of nitrogens with zero attached hydrogens (tertiary/aromatic N) is 1. The number of hydrogen-bond acceptors (Lipinski definition) is 2. The largest absolute Gasteiger partial charge is 0.337 e. The molecule has 0 aliphatic rings. The molecule has 0 amide bonds. The third-order valence-electron chi connectivity index (χ3n) is 1.99. The maximum absolute atomic E-state index is 13.6. The molecule has 88 valence electrons. The van der Waals surface area contributed by atoms with Crippen LogP contribution in [0.3, 0.4) is 0 Å². The fourth-order valence-electron chi connectivity index (χ4n) is 1.23. The van der Waals surface area contributed by atoms with Gasteiger partial charge in [-0.3, -0.25) is 0 Å². The van der Waals surface area contributed by atoms with E-state index >= 15 is 0 Å². The number of anilines is 2. The van der Waals surface area contributed by atoms with E-state index in [0.717, 1.165) is 4.47 Å². The Labute approximate surface area is 119 Å². The van der Waals surface area contributed by atoms with Crippen LogP contribution < -0.4 is 5.32 Å². The summed E-state index contributed by atoms with van der Waals surface area (Å²) in [7, 11) is 0. The van der Waals surface area contributed by atoms with Crippen LogP contribution in [-0.4, -0.2) is 4.98 Å². The highest BCUT2D eigenvalue weighted by molar-refractivity contribution is 9.10. The van der Waals surface area contributed by atoms with E-state index in [1.165, 1.54) is 12.3 Å². The minimum Gasteiger partial charge on any atom is -0.337 e. The van der Waals surface area contributed by atoms with E-state index < -0.39 is 5.82 Å². The second kappa shape index (κ2) is 5.33. The predicted molar refractivity (Wildman–Crippen MR) is 74.3 cm³/mol. The molecule has 0 bridgehead atoms. The Morgan fingerprint density at radius 2 is 2.00 bits per heavy atom. The van der Waals surface area contributed by atoms with Gasteiger partial charge >= 0.3 is 0 Å². The second-order valence-corrected chi connectivity index (χ2v) is 5.44. The van der Waals surface area contributed by atoms with Gasteiger partial charge in [-0.05, 0) is 56.1 Å². The van der Waals surface area contributed by atoms with Crippen LogP contribution >= 0.6 is 43.5 Å². The molecule has 2 nitrogen and oxygen atoms in total. The summed E-state index contributed by atoms with van der Waals surface area (Å²) >= 11 is 12.4. The van der Waals surface area contributed by atoms with Crippen molar-refractivity contribution in [1.29, 1.82) is 0 Å². The third-order valence-corrected chi connectivity index (χ3v) is 3.35. The molecule has 17 heavy (non-hydrogen) atoms. The summed E-state index contributed by atoms with van der Waals surface area (Å²) < 4.78 is 14.9. The lowest BCUT2D eigenvalue weighted by Crippen LogP contribution is -1.97. The van der Waals surface area contributed by atoms with Crippen molar-refractivity contribution in [3.8, 4) is 0 Å². The first-order chi connectivity index (χ1) is 8.06. The van der Waals surface area contributed by atoms with E-state index in [1.54, 1.807) is 18.2 Å². The number of aromatic nitrogens is 1. The monoisotopic (exact) mass is 378 g/mol. The van der Waals surface area contributed by atoms with E-state index in [1.807, 2.05) is 0 Å². The number of halogens is 4. The van der Waals surface area contributed by atoms with Gasteiger partial charge in [0.1, 0.15) is 0 Å². The highest BCUT2D eigenvalue weighted by Gasteiger charge is 2.07. The van der Waals surface area contributed by atoms with Crippen LogP contribution in [0.4, 0.5) is 15.9 Å². The SMILES string of the molecule is Fc1cc(Br)cnc1Nc1cc(Cl)ccc1Br. The second-order valence-electron chi connectivity index (χ2n) is 3.23. The molecule has 1 aromatic carbocycles. The molecule has 6 heteroatoms. The molecule has 0 spiro atoms. The average molecular weight is 380 g/mol. The Hall–Kier alpha value is -0.650. The van der Waals surface area contributed by atoms with Crippen molar-refractivity contribution in [3.63, 3.8) is 0 Å². The number of benzene rings is 1. The van der Waals surface area contributed by atoms with Crippen molar-refractivity contribution in [2.45, 2.75) is 0 Å². The van der Waals surface area contributed by atoms with Gasteiger partial charge in [-0.1, -0.05) is 11.6 Å². The first-order valence-corrected chi connectivity index (χ1v) is 6.56. The topological polar surface area (TPSA) is 24.9 Å². The number of hydrogen-bond donors (Lipinski definition) is 1. The van der Waals surface area contributed by atoms with Gasteiger partial charge in [-0.25, -0.2) is 9.37 Å². The summed E-state index contributed by atoms with van der Waals surface area (Å²) in [5.41, 5.74) is 0.659. The zero-order valence-electron chi connectivity index (χ0n) is 8.35. The molecule has 0 saturated carbocycles. The Morgan fingerprint density at radius 1 is 1.24 bits per heavy atom. The molecule has 0 aliphatic carbocycles. The first kappa shape index (κ1) is 12.8. The van der Waals surface area contributed by atoms with Crippen LogP contribution in [0.5, 0.6) is 0 Å². The van der Waals surface area contributed by atoms with E-state index in [0.29, 0.717) is 15.2 Å². The summed E-state index contributed by atoms with van der Waals surface area (Å²) in [5, 5.41) is 3.43. The molecule has 0 unspecified atom stereocenters. The van der Waals surface area contributed by atoms with Gasteiger partial charge < -0.3 is 5.32 Å². The van der Waals surface area contributed by atoms with Crippen molar-refractivity contribution in [2.75, 3.05) is 5.32 Å². The lowest BCUT2D eigenvalue weighted by molar-refractivity contribution is 0.625. The van der Waals surface area contributed by atoms with E-state index in [2.05, 4.69) is 42.2 Å². The summed E-state index contributed by atoms with van der Waals surface area (Å²) in [6.45, 7) is 0. The van der Waals surface area contributed by atoms with Crippen LogP contribution in [0.1, 0.15) is 0 Å². The molecule has 2 aromatic rings. The van der Waals surface area contributed by atoms with Crippen molar-refractivity contribution in [1.82, 2.24) is 4.98 Å². The molecule has 0 saturated heterocycles. The number of pyridine rings is 1. The van der Waals surface area contributed by atoms with Crippen LogP contribution in [-0.2, 0) is 0 Å². The van der Waals surface area contributed by atoms with Crippen LogP contribution in [0.15, 0.2) is 39.4 Å². The normalized spacial score (nSPS) is 10.4. The maximum atomic E-state index is 13.6. The Bertz CT molecular complexity index is 563. The summed E-state index contributed by atoms with van der Waals surface area (Å²) in [4.78, 5) is 3.95. The lowest BCUT2D eigenvalue weighted by atomic mass is 10.3. The number of rotatable bonds is 2. The molecule has 2 rings (SSSR count). The van der Waals surface area contributed by atoms with Gasteiger partial charge in [0.25, 0.3) is 0 Å². The fraction of sp³-hybridized carbons (Fsp3) is 0. The highest BCUT2D eigenvalue weighted by atomic mass is 79.9. The Balaban J connectivity index is 2.34. The highest BCUT2D eigenvalue weighted by Crippen LogP contribution is 2.29. The van der Waals surface area contributed by atoms with Gasteiger partial charge in [-0.15, -0.1) is 0 Å². The van der Waals surface area contributed by atoms with E-state index in [9.17, 15) is 4.39 Å². The van der Waals surface area contributed by atoms with Gasteiger partial charge in [0, 0.05) is 20.2 Å². The van der Waals surface area contributed by atoms with Crippen molar-refractivity contribution < 1.29 is 4.39 Å². The van der Waals surface area contributed by atoms with Crippen molar-refractivity contribution >= 4 is 55.0 Å². The number of nitrogens with one attached hydrogen (secondary N) is 1. The molecule has 1 N–H and O–H groups in total. The Kier molecular flexibility index (Phi) is 4.01. The molecular formula is C11H6Br2ClFN2. The molecular weight excluding hydrogens is 374 g/mol. The van der Waals surface area contributed by atoms with Crippen LogP contribution in [0.2, 0.25) is 5.02 Å². The minimum atomic E-state index is -0.439. The summed E-state index contributed by atoms with van der Waals surface area (Å²) in [5.74, 6) is -0.289. The van der Waals surface area contributed by atoms with Gasteiger partial charge in [0.15, 0.2) is 11.6 Å². The van der Waals surface area contributed by atoms with Crippen LogP contribution in [0.25, 0.3) is 0 Å². The van der Waals surface area contributed by atoms with E-state index in [4.69, 9.17) is 11.6 Å². The molecule has 0 atom stereocenters. The zero-order valence-corrected chi connectivity index (χ0v) is 12.3. The van der Waals surface area contributed by atoms with Crippen LogP contribution in [0, 0.1) is 5.82 Å². The molecule has 0 fully saturated rings. The standard InChI is InChI=1S/C11H6Br2ClFN2/c12-6-3-9(15)11(16-5-6)17-10-4-7(14)1-2-8(10)13/h1-5H,(H,16,17). The third kappa shape index (κ3) is 3.18.